The molecule has 6 heteroatoms. The number of aryl methyl sites for hydroxylation is 1. The molecule has 2 aromatic heterocycles. The minimum absolute atomic E-state index is 0.137. The molecule has 1 fully saturated rings. The second kappa shape index (κ2) is 7.26. The first kappa shape index (κ1) is 15.5. The van der Waals surface area contributed by atoms with E-state index in [0.717, 1.165) is 31.0 Å². The molecule has 0 radical (unpaired) electrons. The predicted octanol–water partition coefficient (Wildman–Crippen LogP) is 3.29. The molecule has 1 aliphatic rings. The van der Waals surface area contributed by atoms with Crippen molar-refractivity contribution in [1.29, 1.82) is 0 Å². The van der Waals surface area contributed by atoms with Crippen molar-refractivity contribution < 1.29 is 4.79 Å². The zero-order valence-electron chi connectivity index (χ0n) is 13.5. The molecule has 1 aliphatic carbocycles. The van der Waals surface area contributed by atoms with Gasteiger partial charge in [-0.05, 0) is 37.8 Å². The molecule has 0 aromatic carbocycles. The molecule has 23 heavy (non-hydrogen) atoms. The Morgan fingerprint density at radius 1 is 1.35 bits per heavy atom. The minimum Gasteiger partial charge on any atom is -0.367 e. The normalized spacial score (nSPS) is 14.3. The largest absolute Gasteiger partial charge is 0.367 e. The smallest absolute Gasteiger partial charge is 0.256 e. The predicted molar refractivity (Wildman–Crippen MR) is 90.6 cm³/mol. The molecule has 2 N–H and O–H groups in total. The number of rotatable bonds is 7. The standard InChI is InChI=1S/C17H23N5O/c1-2-3-11-22-16(8-10-19-22)21-17(23)13-7-9-18-15(12-13)20-14-5-4-6-14/h7-10,12,14H,2-6,11H2,1H3,(H,18,20)(H,21,23). The van der Waals surface area contributed by atoms with Crippen LogP contribution in [0, 0.1) is 0 Å². The fraction of sp³-hybridized carbons (Fsp3) is 0.471. The SMILES string of the molecule is CCCCn1nccc1NC(=O)c1ccnc(NC2CCC2)c1. The van der Waals surface area contributed by atoms with Crippen LogP contribution in [0.4, 0.5) is 11.6 Å². The van der Waals surface area contributed by atoms with Crippen LogP contribution >= 0.6 is 0 Å². The molecule has 1 saturated carbocycles. The van der Waals surface area contributed by atoms with Crippen LogP contribution in [0.1, 0.15) is 49.4 Å². The van der Waals surface area contributed by atoms with Crippen molar-refractivity contribution in [3.63, 3.8) is 0 Å². The maximum Gasteiger partial charge on any atom is 0.256 e. The molecule has 0 unspecified atom stereocenters. The lowest BCUT2D eigenvalue weighted by Crippen LogP contribution is -2.27. The fourth-order valence-corrected chi connectivity index (χ4v) is 2.53. The maximum absolute atomic E-state index is 12.5. The lowest BCUT2D eigenvalue weighted by Gasteiger charge is -2.26. The van der Waals surface area contributed by atoms with Gasteiger partial charge in [0.2, 0.25) is 0 Å². The van der Waals surface area contributed by atoms with E-state index in [-0.39, 0.29) is 5.91 Å². The van der Waals surface area contributed by atoms with Gasteiger partial charge >= 0.3 is 0 Å². The Hall–Kier alpha value is -2.37. The summed E-state index contributed by atoms with van der Waals surface area (Å²) in [4.78, 5) is 16.7. The second-order valence-electron chi connectivity index (χ2n) is 5.95. The summed E-state index contributed by atoms with van der Waals surface area (Å²) in [6, 6.07) is 5.85. The molecule has 0 atom stereocenters. The van der Waals surface area contributed by atoms with Gasteiger partial charge in [-0.2, -0.15) is 5.10 Å². The Kier molecular flexibility index (Phi) is 4.90. The van der Waals surface area contributed by atoms with E-state index < -0.39 is 0 Å². The summed E-state index contributed by atoms with van der Waals surface area (Å²) in [5.74, 6) is 1.36. The van der Waals surface area contributed by atoms with Gasteiger partial charge in [0, 0.05) is 30.4 Å². The van der Waals surface area contributed by atoms with Crippen LogP contribution in [0.5, 0.6) is 0 Å². The molecular weight excluding hydrogens is 290 g/mol. The summed E-state index contributed by atoms with van der Waals surface area (Å²) in [6.45, 7) is 2.94. The van der Waals surface area contributed by atoms with Crippen molar-refractivity contribution in [3.05, 3.63) is 36.2 Å². The van der Waals surface area contributed by atoms with Gasteiger partial charge in [-0.25, -0.2) is 9.67 Å². The van der Waals surface area contributed by atoms with Gasteiger partial charge in [-0.1, -0.05) is 13.3 Å². The molecule has 0 bridgehead atoms. The van der Waals surface area contributed by atoms with Gasteiger partial charge in [-0.3, -0.25) is 4.79 Å². The van der Waals surface area contributed by atoms with Crippen LogP contribution < -0.4 is 10.6 Å². The van der Waals surface area contributed by atoms with Crippen molar-refractivity contribution in [1.82, 2.24) is 14.8 Å². The van der Waals surface area contributed by atoms with Crippen LogP contribution in [0.25, 0.3) is 0 Å². The Bertz CT molecular complexity index is 663. The third-order valence-electron chi connectivity index (χ3n) is 4.16. The molecule has 2 aromatic rings. The first-order valence-corrected chi connectivity index (χ1v) is 8.32. The molecule has 0 spiro atoms. The third-order valence-corrected chi connectivity index (χ3v) is 4.16. The Labute approximate surface area is 136 Å². The van der Waals surface area contributed by atoms with Crippen molar-refractivity contribution in [3.8, 4) is 0 Å². The van der Waals surface area contributed by atoms with Crippen LogP contribution in [-0.4, -0.2) is 26.7 Å². The highest BCUT2D eigenvalue weighted by molar-refractivity contribution is 6.04. The number of nitrogens with zero attached hydrogens (tertiary/aromatic N) is 3. The maximum atomic E-state index is 12.5. The van der Waals surface area contributed by atoms with Gasteiger partial charge in [0.15, 0.2) is 0 Å². The van der Waals surface area contributed by atoms with E-state index in [0.29, 0.717) is 11.6 Å². The van der Waals surface area contributed by atoms with E-state index in [2.05, 4.69) is 27.6 Å². The lowest BCUT2D eigenvalue weighted by molar-refractivity contribution is 0.102. The van der Waals surface area contributed by atoms with Crippen LogP contribution in [0.2, 0.25) is 0 Å². The van der Waals surface area contributed by atoms with Crippen molar-refractivity contribution in [2.75, 3.05) is 10.6 Å². The van der Waals surface area contributed by atoms with Gasteiger partial charge in [0.05, 0.1) is 6.20 Å². The van der Waals surface area contributed by atoms with Crippen molar-refractivity contribution in [2.45, 2.75) is 51.6 Å². The summed E-state index contributed by atoms with van der Waals surface area (Å²) < 4.78 is 1.83. The summed E-state index contributed by atoms with van der Waals surface area (Å²) in [5.41, 5.74) is 0.602. The quantitative estimate of drug-likeness (QED) is 0.822. The zero-order chi connectivity index (χ0) is 16.1. The number of pyridine rings is 1. The number of aromatic nitrogens is 3. The molecule has 3 rings (SSSR count). The lowest BCUT2D eigenvalue weighted by atomic mass is 9.93. The van der Waals surface area contributed by atoms with E-state index in [1.165, 1.54) is 19.3 Å². The summed E-state index contributed by atoms with van der Waals surface area (Å²) in [7, 11) is 0. The average Bonchev–Trinajstić information content (AvgIpc) is 2.96. The minimum atomic E-state index is -0.137. The van der Waals surface area contributed by atoms with Crippen LogP contribution in [0.15, 0.2) is 30.6 Å². The number of unbranched alkanes of at least 4 members (excludes halogenated alkanes) is 1. The summed E-state index contributed by atoms with van der Waals surface area (Å²) >= 11 is 0. The number of hydrogen-bond acceptors (Lipinski definition) is 4. The number of amides is 1. The highest BCUT2D eigenvalue weighted by atomic mass is 16.1. The molecule has 0 saturated heterocycles. The number of hydrogen-bond donors (Lipinski definition) is 2. The molecule has 6 nitrogen and oxygen atoms in total. The van der Waals surface area contributed by atoms with Crippen molar-refractivity contribution >= 4 is 17.5 Å². The van der Waals surface area contributed by atoms with E-state index >= 15 is 0 Å². The Morgan fingerprint density at radius 2 is 2.22 bits per heavy atom. The molecule has 1 amide bonds. The molecular formula is C17H23N5O. The first-order valence-electron chi connectivity index (χ1n) is 8.32. The van der Waals surface area contributed by atoms with E-state index in [4.69, 9.17) is 0 Å². The van der Waals surface area contributed by atoms with Crippen molar-refractivity contribution in [2.24, 2.45) is 0 Å². The topological polar surface area (TPSA) is 71.8 Å². The Morgan fingerprint density at radius 3 is 2.96 bits per heavy atom. The van der Waals surface area contributed by atoms with Crippen LogP contribution in [0.3, 0.4) is 0 Å². The zero-order valence-corrected chi connectivity index (χ0v) is 13.5. The highest BCUT2D eigenvalue weighted by Gasteiger charge is 2.18. The molecule has 0 aliphatic heterocycles. The highest BCUT2D eigenvalue weighted by Crippen LogP contribution is 2.22. The molecule has 122 valence electrons. The van der Waals surface area contributed by atoms with Gasteiger partial charge in [0.25, 0.3) is 5.91 Å². The average molecular weight is 313 g/mol. The van der Waals surface area contributed by atoms with Gasteiger partial charge in [0.1, 0.15) is 11.6 Å². The third kappa shape index (κ3) is 3.88. The van der Waals surface area contributed by atoms with E-state index in [9.17, 15) is 4.79 Å². The number of carbonyl (C=O) groups excluding carboxylic acids is 1. The summed E-state index contributed by atoms with van der Waals surface area (Å²) in [5, 5.41) is 10.5. The number of anilines is 2. The monoisotopic (exact) mass is 313 g/mol. The number of carbonyl (C=O) groups is 1. The van der Waals surface area contributed by atoms with Crippen LogP contribution in [-0.2, 0) is 6.54 Å². The van der Waals surface area contributed by atoms with Gasteiger partial charge < -0.3 is 10.6 Å². The molecule has 2 heterocycles. The number of nitrogens with one attached hydrogen (secondary N) is 2. The van der Waals surface area contributed by atoms with Gasteiger partial charge in [-0.15, -0.1) is 0 Å². The first-order chi connectivity index (χ1) is 11.3. The second-order valence-corrected chi connectivity index (χ2v) is 5.95. The van der Waals surface area contributed by atoms with E-state index in [1.807, 2.05) is 10.7 Å². The fourth-order valence-electron chi connectivity index (χ4n) is 2.53. The summed E-state index contributed by atoms with van der Waals surface area (Å²) in [6.07, 6.45) is 9.12. The Balaban J connectivity index is 1.65. The van der Waals surface area contributed by atoms with E-state index in [1.54, 1.807) is 24.5 Å².